The van der Waals surface area contributed by atoms with Gasteiger partial charge in [-0.1, -0.05) is 20.3 Å². The molecule has 0 radical (unpaired) electrons. The van der Waals surface area contributed by atoms with E-state index in [4.69, 9.17) is 5.11 Å². The number of hydrogen-bond donors (Lipinski definition) is 3. The second kappa shape index (κ2) is 8.15. The molecule has 5 nitrogen and oxygen atoms in total. The number of piperidine rings is 1. The first-order valence-corrected chi connectivity index (χ1v) is 7.22. The van der Waals surface area contributed by atoms with E-state index < -0.39 is 5.97 Å². The second-order valence-corrected chi connectivity index (χ2v) is 5.84. The van der Waals surface area contributed by atoms with Crippen LogP contribution in [0.15, 0.2) is 0 Å². The van der Waals surface area contributed by atoms with Crippen LogP contribution in [0.2, 0.25) is 0 Å². The van der Waals surface area contributed by atoms with Crippen molar-refractivity contribution in [2.45, 2.75) is 52.0 Å². The third-order valence-electron chi connectivity index (χ3n) is 3.46. The van der Waals surface area contributed by atoms with Gasteiger partial charge in [0.2, 0.25) is 5.91 Å². The van der Waals surface area contributed by atoms with Crippen LogP contribution in [-0.2, 0) is 9.59 Å². The predicted molar refractivity (Wildman–Crippen MR) is 73.8 cm³/mol. The number of carboxylic acid groups (broad SMARTS) is 1. The molecule has 0 aromatic heterocycles. The summed E-state index contributed by atoms with van der Waals surface area (Å²) in [5, 5.41) is 15.0. The fourth-order valence-electron chi connectivity index (χ4n) is 2.60. The van der Waals surface area contributed by atoms with Crippen LogP contribution in [0.3, 0.4) is 0 Å². The number of hydrogen-bond acceptors (Lipinski definition) is 3. The van der Waals surface area contributed by atoms with Crippen molar-refractivity contribution >= 4 is 11.9 Å². The van der Waals surface area contributed by atoms with Gasteiger partial charge in [-0.15, -0.1) is 0 Å². The molecule has 0 saturated carbocycles. The topological polar surface area (TPSA) is 78.4 Å². The zero-order valence-corrected chi connectivity index (χ0v) is 11.9. The Morgan fingerprint density at radius 3 is 2.63 bits per heavy atom. The molecule has 2 unspecified atom stereocenters. The summed E-state index contributed by atoms with van der Waals surface area (Å²) in [4.78, 5) is 22.8. The third kappa shape index (κ3) is 6.57. The molecule has 0 bridgehead atoms. The van der Waals surface area contributed by atoms with Crippen LogP contribution in [0.5, 0.6) is 0 Å². The monoisotopic (exact) mass is 270 g/mol. The van der Waals surface area contributed by atoms with Crippen molar-refractivity contribution in [1.29, 1.82) is 0 Å². The molecule has 1 amide bonds. The molecule has 5 heteroatoms. The van der Waals surface area contributed by atoms with Crippen LogP contribution in [0.25, 0.3) is 0 Å². The van der Waals surface area contributed by atoms with E-state index in [-0.39, 0.29) is 24.3 Å². The molecule has 1 saturated heterocycles. The standard InChI is InChI=1S/C14H26N2O3/c1-10(2)7-11(8-13(17)18)9-16-14(19)12-5-3-4-6-15-12/h10-12,15H,3-9H2,1-2H3,(H,16,19)(H,17,18). The predicted octanol–water partition coefficient (Wildman–Crippen LogP) is 1.38. The van der Waals surface area contributed by atoms with E-state index in [2.05, 4.69) is 24.5 Å². The van der Waals surface area contributed by atoms with Gasteiger partial charge in [-0.3, -0.25) is 9.59 Å². The summed E-state index contributed by atoms with van der Waals surface area (Å²) in [7, 11) is 0. The van der Waals surface area contributed by atoms with E-state index >= 15 is 0 Å². The van der Waals surface area contributed by atoms with Gasteiger partial charge in [-0.05, 0) is 37.6 Å². The summed E-state index contributed by atoms with van der Waals surface area (Å²) in [5.74, 6) is -0.325. The van der Waals surface area contributed by atoms with Crippen molar-refractivity contribution < 1.29 is 14.7 Å². The van der Waals surface area contributed by atoms with E-state index in [0.29, 0.717) is 12.5 Å². The van der Waals surface area contributed by atoms with Gasteiger partial charge in [0.25, 0.3) is 0 Å². The van der Waals surface area contributed by atoms with Crippen molar-refractivity contribution in [2.24, 2.45) is 11.8 Å². The third-order valence-corrected chi connectivity index (χ3v) is 3.46. The molecule has 110 valence electrons. The van der Waals surface area contributed by atoms with Gasteiger partial charge in [-0.25, -0.2) is 0 Å². The van der Waals surface area contributed by atoms with Crippen LogP contribution < -0.4 is 10.6 Å². The molecule has 1 rings (SSSR count). The van der Waals surface area contributed by atoms with Gasteiger partial charge >= 0.3 is 5.97 Å². The van der Waals surface area contributed by atoms with E-state index in [9.17, 15) is 9.59 Å². The number of carbonyl (C=O) groups excluding carboxylic acids is 1. The fraction of sp³-hybridized carbons (Fsp3) is 0.857. The summed E-state index contributed by atoms with van der Waals surface area (Å²) in [6.07, 6.45) is 4.02. The fourth-order valence-corrected chi connectivity index (χ4v) is 2.60. The molecule has 3 N–H and O–H groups in total. The first-order valence-electron chi connectivity index (χ1n) is 7.22. The normalized spacial score (nSPS) is 21.1. The van der Waals surface area contributed by atoms with Crippen LogP contribution in [0.1, 0.15) is 46.0 Å². The van der Waals surface area contributed by atoms with Gasteiger partial charge in [-0.2, -0.15) is 0 Å². The lowest BCUT2D eigenvalue weighted by molar-refractivity contribution is -0.138. The molecule has 19 heavy (non-hydrogen) atoms. The summed E-state index contributed by atoms with van der Waals surface area (Å²) in [6.45, 7) is 5.49. The molecule has 0 aromatic rings. The van der Waals surface area contributed by atoms with Crippen molar-refractivity contribution in [3.8, 4) is 0 Å². The highest BCUT2D eigenvalue weighted by Crippen LogP contribution is 2.15. The van der Waals surface area contributed by atoms with Gasteiger partial charge in [0.05, 0.1) is 6.04 Å². The van der Waals surface area contributed by atoms with Crippen molar-refractivity contribution in [1.82, 2.24) is 10.6 Å². The first-order chi connectivity index (χ1) is 8.99. The van der Waals surface area contributed by atoms with Crippen molar-refractivity contribution in [3.05, 3.63) is 0 Å². The molecule has 0 spiro atoms. The van der Waals surface area contributed by atoms with Crippen molar-refractivity contribution in [3.63, 3.8) is 0 Å². The maximum absolute atomic E-state index is 12.0. The number of aliphatic carboxylic acids is 1. The van der Waals surface area contributed by atoms with E-state index in [1.54, 1.807) is 0 Å². The highest BCUT2D eigenvalue weighted by atomic mass is 16.4. The van der Waals surface area contributed by atoms with Crippen LogP contribution in [0.4, 0.5) is 0 Å². The van der Waals surface area contributed by atoms with Crippen LogP contribution in [-0.4, -0.2) is 36.1 Å². The number of carbonyl (C=O) groups is 2. The molecule has 0 aliphatic carbocycles. The quantitative estimate of drug-likeness (QED) is 0.653. The zero-order chi connectivity index (χ0) is 14.3. The summed E-state index contributed by atoms with van der Waals surface area (Å²) in [6, 6.07) is -0.0988. The molecule has 1 aliphatic heterocycles. The Morgan fingerprint density at radius 2 is 2.11 bits per heavy atom. The van der Waals surface area contributed by atoms with E-state index in [1.807, 2.05) is 0 Å². The smallest absolute Gasteiger partial charge is 0.303 e. The summed E-state index contributed by atoms with van der Waals surface area (Å²) >= 11 is 0. The Kier molecular flexibility index (Phi) is 6.84. The van der Waals surface area contributed by atoms with Gasteiger partial charge in [0.15, 0.2) is 0 Å². The van der Waals surface area contributed by atoms with E-state index in [1.165, 1.54) is 0 Å². The minimum atomic E-state index is -0.796. The minimum Gasteiger partial charge on any atom is -0.481 e. The molecule has 1 aliphatic rings. The molecule has 0 aromatic carbocycles. The van der Waals surface area contributed by atoms with Gasteiger partial charge in [0, 0.05) is 13.0 Å². The highest BCUT2D eigenvalue weighted by molar-refractivity contribution is 5.81. The van der Waals surface area contributed by atoms with E-state index in [0.717, 1.165) is 32.2 Å². The number of rotatable bonds is 7. The largest absolute Gasteiger partial charge is 0.481 e. The lowest BCUT2D eigenvalue weighted by atomic mass is 9.94. The number of nitrogens with one attached hydrogen (secondary N) is 2. The second-order valence-electron chi connectivity index (χ2n) is 5.84. The molecular weight excluding hydrogens is 244 g/mol. The lowest BCUT2D eigenvalue weighted by Crippen LogP contribution is -2.47. The number of amides is 1. The molecular formula is C14H26N2O3. The summed E-state index contributed by atoms with van der Waals surface area (Å²) < 4.78 is 0. The van der Waals surface area contributed by atoms with Gasteiger partial charge < -0.3 is 15.7 Å². The molecule has 1 heterocycles. The summed E-state index contributed by atoms with van der Waals surface area (Å²) in [5.41, 5.74) is 0. The van der Waals surface area contributed by atoms with Gasteiger partial charge in [0.1, 0.15) is 0 Å². The number of carboxylic acids is 1. The Hall–Kier alpha value is -1.10. The Morgan fingerprint density at radius 1 is 1.37 bits per heavy atom. The minimum absolute atomic E-state index is 0.0128. The molecule has 2 atom stereocenters. The zero-order valence-electron chi connectivity index (χ0n) is 11.9. The highest BCUT2D eigenvalue weighted by Gasteiger charge is 2.22. The average Bonchev–Trinajstić information content (AvgIpc) is 2.35. The SMILES string of the molecule is CC(C)CC(CNC(=O)C1CCCCN1)CC(=O)O. The van der Waals surface area contributed by atoms with Crippen molar-refractivity contribution in [2.75, 3.05) is 13.1 Å². The maximum atomic E-state index is 12.0. The average molecular weight is 270 g/mol. The first kappa shape index (κ1) is 16.0. The Bertz CT molecular complexity index is 299. The van der Waals surface area contributed by atoms with Crippen LogP contribution >= 0.6 is 0 Å². The van der Waals surface area contributed by atoms with Crippen LogP contribution in [0, 0.1) is 11.8 Å². The lowest BCUT2D eigenvalue weighted by Gasteiger charge is -2.24. The maximum Gasteiger partial charge on any atom is 0.303 e. The molecule has 1 fully saturated rings. The Labute approximate surface area is 115 Å². The Balaban J connectivity index is 2.36.